The number of carbonyl (C=O) groups excluding carboxylic acids is 2. The Morgan fingerprint density at radius 3 is 1.75 bits per heavy atom. The van der Waals surface area contributed by atoms with E-state index < -0.39 is 5.25 Å². The van der Waals surface area contributed by atoms with Gasteiger partial charge in [0, 0.05) is 29.4 Å². The number of hydrogen-bond acceptors (Lipinski definition) is 6. The Morgan fingerprint density at radius 1 is 0.722 bits per heavy atom. The van der Waals surface area contributed by atoms with Gasteiger partial charge in [-0.15, -0.1) is 10.2 Å². The molecule has 4 aromatic rings. The van der Waals surface area contributed by atoms with Crippen molar-refractivity contribution in [3.8, 4) is 22.5 Å². The largest absolute Gasteiger partial charge is 0.326 e. The molecular weight excluding hydrogens is 470 g/mol. The Balaban J connectivity index is 1.54. The first-order valence-electron chi connectivity index (χ1n) is 11.5. The lowest BCUT2D eigenvalue weighted by molar-refractivity contribution is -0.115. The average molecular weight is 498 g/mol. The smallest absolute Gasteiger partial charge is 0.237 e. The third-order valence-corrected chi connectivity index (χ3v) is 6.39. The van der Waals surface area contributed by atoms with Crippen LogP contribution in [0.1, 0.15) is 25.0 Å². The van der Waals surface area contributed by atoms with Crippen molar-refractivity contribution >= 4 is 35.0 Å². The number of benzene rings is 3. The van der Waals surface area contributed by atoms with Crippen LogP contribution in [0.4, 0.5) is 11.4 Å². The number of hydrogen-bond donors (Lipinski definition) is 2. The summed E-state index contributed by atoms with van der Waals surface area (Å²) in [6, 6.07) is 23.2. The Hall–Kier alpha value is -4.04. The zero-order chi connectivity index (χ0) is 25.7. The Bertz CT molecular complexity index is 1370. The van der Waals surface area contributed by atoms with Gasteiger partial charge in [-0.3, -0.25) is 9.59 Å². The number of aromatic nitrogens is 3. The van der Waals surface area contributed by atoms with Crippen molar-refractivity contribution in [1.29, 1.82) is 0 Å². The monoisotopic (exact) mass is 497 g/mol. The molecule has 0 fully saturated rings. The zero-order valence-electron chi connectivity index (χ0n) is 20.6. The summed E-state index contributed by atoms with van der Waals surface area (Å²) in [6.45, 7) is 7.33. The second-order valence-corrected chi connectivity index (χ2v) is 9.84. The van der Waals surface area contributed by atoms with Crippen molar-refractivity contribution in [1.82, 2.24) is 15.2 Å². The summed E-state index contributed by atoms with van der Waals surface area (Å²) in [5, 5.41) is 14.4. The highest BCUT2D eigenvalue weighted by Gasteiger charge is 2.19. The number of aryl methyl sites for hydroxylation is 2. The highest BCUT2D eigenvalue weighted by atomic mass is 32.2. The highest BCUT2D eigenvalue weighted by molar-refractivity contribution is 8.00. The number of nitrogens with one attached hydrogen (secondary N) is 2. The molecule has 0 aliphatic carbocycles. The van der Waals surface area contributed by atoms with Crippen LogP contribution < -0.4 is 10.6 Å². The number of nitrogens with zero attached hydrogens (tertiary/aromatic N) is 3. The molecule has 0 aliphatic rings. The van der Waals surface area contributed by atoms with Crippen molar-refractivity contribution in [2.75, 3.05) is 10.6 Å². The molecule has 7 nitrogen and oxygen atoms in total. The second kappa shape index (κ2) is 11.1. The van der Waals surface area contributed by atoms with Crippen LogP contribution in [-0.4, -0.2) is 32.2 Å². The maximum atomic E-state index is 12.8. The summed E-state index contributed by atoms with van der Waals surface area (Å²) in [4.78, 5) is 28.8. The van der Waals surface area contributed by atoms with Crippen molar-refractivity contribution in [2.24, 2.45) is 0 Å². The van der Waals surface area contributed by atoms with E-state index in [9.17, 15) is 9.59 Å². The highest BCUT2D eigenvalue weighted by Crippen LogP contribution is 2.31. The van der Waals surface area contributed by atoms with E-state index in [1.54, 1.807) is 31.2 Å². The van der Waals surface area contributed by atoms with Crippen molar-refractivity contribution in [3.63, 3.8) is 0 Å². The minimum atomic E-state index is -0.460. The van der Waals surface area contributed by atoms with Gasteiger partial charge in [0.1, 0.15) is 11.4 Å². The minimum absolute atomic E-state index is 0.149. The first-order valence-corrected chi connectivity index (χ1v) is 12.4. The van der Waals surface area contributed by atoms with E-state index in [1.807, 2.05) is 62.4 Å². The molecule has 0 saturated heterocycles. The lowest BCUT2D eigenvalue weighted by Crippen LogP contribution is -2.22. The fourth-order valence-corrected chi connectivity index (χ4v) is 4.19. The zero-order valence-corrected chi connectivity index (χ0v) is 21.4. The third kappa shape index (κ3) is 6.34. The number of amides is 2. The number of carbonyl (C=O) groups is 2. The minimum Gasteiger partial charge on any atom is -0.326 e. The fraction of sp³-hybridized carbons (Fsp3) is 0.179. The van der Waals surface area contributed by atoms with Gasteiger partial charge in [-0.2, -0.15) is 0 Å². The summed E-state index contributed by atoms with van der Waals surface area (Å²) in [7, 11) is 0. The summed E-state index contributed by atoms with van der Waals surface area (Å²) in [5.41, 5.74) is 6.90. The quantitative estimate of drug-likeness (QED) is 0.309. The molecular formula is C28H27N5O2S. The lowest BCUT2D eigenvalue weighted by atomic mass is 10.0. The van der Waals surface area contributed by atoms with Crippen LogP contribution in [0.3, 0.4) is 0 Å². The summed E-state index contributed by atoms with van der Waals surface area (Å²) < 4.78 is 0. The molecule has 2 N–H and O–H groups in total. The Kier molecular flexibility index (Phi) is 7.75. The molecule has 36 heavy (non-hydrogen) atoms. The molecule has 0 radical (unpaired) electrons. The van der Waals surface area contributed by atoms with E-state index in [-0.39, 0.29) is 11.8 Å². The number of thioether (sulfide) groups is 1. The van der Waals surface area contributed by atoms with Crippen LogP contribution >= 0.6 is 11.8 Å². The van der Waals surface area contributed by atoms with Crippen LogP contribution in [-0.2, 0) is 9.59 Å². The van der Waals surface area contributed by atoms with Gasteiger partial charge >= 0.3 is 0 Å². The summed E-state index contributed by atoms with van der Waals surface area (Å²) in [6.07, 6.45) is 0. The second-order valence-electron chi connectivity index (χ2n) is 8.53. The normalized spacial score (nSPS) is 11.6. The maximum Gasteiger partial charge on any atom is 0.237 e. The molecule has 0 spiro atoms. The molecule has 0 aliphatic heterocycles. The molecule has 1 atom stereocenters. The Morgan fingerprint density at radius 2 is 1.22 bits per heavy atom. The summed E-state index contributed by atoms with van der Waals surface area (Å²) in [5.74, 6) is -0.334. The van der Waals surface area contributed by atoms with Crippen LogP contribution in [0, 0.1) is 13.8 Å². The van der Waals surface area contributed by atoms with Gasteiger partial charge in [0.2, 0.25) is 17.0 Å². The van der Waals surface area contributed by atoms with Crippen LogP contribution in [0.5, 0.6) is 0 Å². The SMILES string of the molecule is CC(=O)Nc1ccc(NC(=O)[C@@H](C)Sc2nnc(-c3ccc(C)cc3)c(-c3ccc(C)cc3)n2)cc1. The molecule has 0 saturated carbocycles. The molecule has 4 rings (SSSR count). The first-order chi connectivity index (χ1) is 17.3. The predicted octanol–water partition coefficient (Wildman–Crippen LogP) is 5.90. The van der Waals surface area contributed by atoms with Gasteiger partial charge in [-0.1, -0.05) is 71.4 Å². The average Bonchev–Trinajstić information content (AvgIpc) is 2.86. The molecule has 3 aromatic carbocycles. The topological polar surface area (TPSA) is 96.9 Å². The van der Waals surface area contributed by atoms with Gasteiger partial charge < -0.3 is 10.6 Å². The molecule has 1 heterocycles. The van der Waals surface area contributed by atoms with Crippen molar-refractivity contribution in [3.05, 3.63) is 83.9 Å². The van der Waals surface area contributed by atoms with Gasteiger partial charge in [0.15, 0.2) is 0 Å². The summed E-state index contributed by atoms with van der Waals surface area (Å²) >= 11 is 1.25. The van der Waals surface area contributed by atoms with Crippen molar-refractivity contribution in [2.45, 2.75) is 38.1 Å². The van der Waals surface area contributed by atoms with Gasteiger partial charge in [0.25, 0.3) is 0 Å². The van der Waals surface area contributed by atoms with Crippen LogP contribution in [0.2, 0.25) is 0 Å². The van der Waals surface area contributed by atoms with Crippen LogP contribution in [0.15, 0.2) is 78.0 Å². The van der Waals surface area contributed by atoms with Gasteiger partial charge in [-0.05, 0) is 45.0 Å². The van der Waals surface area contributed by atoms with Gasteiger partial charge in [0.05, 0.1) is 5.25 Å². The lowest BCUT2D eigenvalue weighted by Gasteiger charge is -2.13. The fourth-order valence-electron chi connectivity index (χ4n) is 3.48. The Labute approximate surface area is 214 Å². The van der Waals surface area contributed by atoms with Crippen LogP contribution in [0.25, 0.3) is 22.5 Å². The maximum absolute atomic E-state index is 12.8. The standard InChI is InChI=1S/C28H27N5O2S/c1-17-5-9-21(10-6-17)25-26(22-11-7-18(2)8-12-22)32-33-28(31-25)36-19(3)27(35)30-24-15-13-23(14-16-24)29-20(4)34/h5-16,19H,1-4H3,(H,29,34)(H,30,35)/t19-/m1/s1. The number of anilines is 2. The third-order valence-electron chi connectivity index (χ3n) is 5.44. The van der Waals surface area contributed by atoms with E-state index in [0.29, 0.717) is 22.2 Å². The van der Waals surface area contributed by atoms with Gasteiger partial charge in [-0.25, -0.2) is 4.98 Å². The molecule has 2 amide bonds. The molecule has 182 valence electrons. The predicted molar refractivity (Wildman–Crippen MR) is 145 cm³/mol. The van der Waals surface area contributed by atoms with E-state index in [2.05, 4.69) is 20.8 Å². The van der Waals surface area contributed by atoms with E-state index in [0.717, 1.165) is 27.9 Å². The van der Waals surface area contributed by atoms with Crippen molar-refractivity contribution < 1.29 is 9.59 Å². The van der Waals surface area contributed by atoms with E-state index in [1.165, 1.54) is 18.7 Å². The van der Waals surface area contributed by atoms with E-state index in [4.69, 9.17) is 4.98 Å². The molecule has 0 unspecified atom stereocenters. The first kappa shape index (κ1) is 25.1. The molecule has 8 heteroatoms. The van der Waals surface area contributed by atoms with E-state index >= 15 is 0 Å². The molecule has 0 bridgehead atoms. The molecule has 1 aromatic heterocycles. The number of rotatable bonds is 7.